The number of hydrogen-bond acceptors (Lipinski definition) is 8. The van der Waals surface area contributed by atoms with E-state index in [9.17, 15) is 24.3 Å². The van der Waals surface area contributed by atoms with E-state index in [-0.39, 0.29) is 34.3 Å². The van der Waals surface area contributed by atoms with Gasteiger partial charge < -0.3 is 19.3 Å². The molecule has 0 aliphatic carbocycles. The van der Waals surface area contributed by atoms with E-state index >= 15 is 0 Å². The number of carbonyl (C=O) groups excluding carboxylic acids is 1. The standard InChI is InChI=1S/C24H28N2O8S/c1-6-33-23(30)20-14(4)19-21(29)25(12-18(27)28)24(31)26(22(19)35-20)11-17(34-13(2)3)15-9-7-8-10-16(15)32-5/h7-10,13,17H,6,11-12H2,1-5H3,(H,27,28)/t17-/m0/s1. The summed E-state index contributed by atoms with van der Waals surface area (Å²) >= 11 is 0.961. The molecule has 0 saturated carbocycles. The Morgan fingerprint density at radius 3 is 2.43 bits per heavy atom. The molecule has 3 aromatic rings. The zero-order valence-corrected chi connectivity index (χ0v) is 21.0. The van der Waals surface area contributed by atoms with Crippen molar-refractivity contribution in [2.45, 2.75) is 53.0 Å². The smallest absolute Gasteiger partial charge is 0.348 e. The van der Waals surface area contributed by atoms with Gasteiger partial charge in [-0.1, -0.05) is 18.2 Å². The van der Waals surface area contributed by atoms with Crippen LogP contribution in [0.5, 0.6) is 5.75 Å². The Morgan fingerprint density at radius 1 is 1.14 bits per heavy atom. The van der Waals surface area contributed by atoms with Gasteiger partial charge in [-0.3, -0.25) is 14.2 Å². The van der Waals surface area contributed by atoms with Crippen LogP contribution in [-0.4, -0.2) is 46.0 Å². The Labute approximate surface area is 205 Å². The van der Waals surface area contributed by atoms with Gasteiger partial charge in [0.05, 0.1) is 31.8 Å². The Morgan fingerprint density at radius 2 is 1.83 bits per heavy atom. The number of aromatic nitrogens is 2. The van der Waals surface area contributed by atoms with Crippen LogP contribution < -0.4 is 16.0 Å². The highest BCUT2D eigenvalue weighted by Crippen LogP contribution is 2.33. The first-order chi connectivity index (χ1) is 16.6. The van der Waals surface area contributed by atoms with Crippen LogP contribution in [-0.2, 0) is 27.4 Å². The maximum absolute atomic E-state index is 13.4. The lowest BCUT2D eigenvalue weighted by atomic mass is 10.1. The second-order valence-corrected chi connectivity index (χ2v) is 9.05. The molecule has 0 spiro atoms. The molecular formula is C24H28N2O8S. The second-order valence-electron chi connectivity index (χ2n) is 8.05. The normalized spacial score (nSPS) is 12.2. The lowest BCUT2D eigenvalue weighted by molar-refractivity contribution is -0.137. The molecule has 0 radical (unpaired) electrons. The van der Waals surface area contributed by atoms with E-state index in [1.165, 1.54) is 11.7 Å². The summed E-state index contributed by atoms with van der Waals surface area (Å²) in [5.41, 5.74) is -0.570. The van der Waals surface area contributed by atoms with Gasteiger partial charge in [0.1, 0.15) is 28.1 Å². The molecule has 188 valence electrons. The average Bonchev–Trinajstić information content (AvgIpc) is 3.15. The second kappa shape index (κ2) is 10.9. The minimum absolute atomic E-state index is 0.0456. The summed E-state index contributed by atoms with van der Waals surface area (Å²) in [6.45, 7) is 6.21. The molecular weight excluding hydrogens is 476 g/mol. The van der Waals surface area contributed by atoms with E-state index in [0.717, 1.165) is 11.3 Å². The molecule has 1 aromatic carbocycles. The molecule has 0 aliphatic heterocycles. The molecule has 11 heteroatoms. The fourth-order valence-corrected chi connectivity index (χ4v) is 5.06. The number of hydrogen-bond donors (Lipinski definition) is 1. The quantitative estimate of drug-likeness (QED) is 0.418. The van der Waals surface area contributed by atoms with Gasteiger partial charge in [0.15, 0.2) is 0 Å². The van der Waals surface area contributed by atoms with E-state index in [0.29, 0.717) is 21.4 Å². The summed E-state index contributed by atoms with van der Waals surface area (Å²) in [5, 5.41) is 9.44. The summed E-state index contributed by atoms with van der Waals surface area (Å²) in [6, 6.07) is 7.20. The van der Waals surface area contributed by atoms with E-state index in [2.05, 4.69) is 0 Å². The number of aliphatic carboxylic acids is 1. The van der Waals surface area contributed by atoms with Crippen LogP contribution in [0.1, 0.15) is 47.7 Å². The monoisotopic (exact) mass is 504 g/mol. The molecule has 1 N–H and O–H groups in total. The number of thiophene rings is 1. The Kier molecular flexibility index (Phi) is 8.13. The number of benzene rings is 1. The highest BCUT2D eigenvalue weighted by Gasteiger charge is 2.27. The van der Waals surface area contributed by atoms with Crippen molar-refractivity contribution in [2.24, 2.45) is 0 Å². The number of methoxy groups -OCH3 is 1. The van der Waals surface area contributed by atoms with Gasteiger partial charge in [0.25, 0.3) is 5.56 Å². The molecule has 0 aliphatic rings. The first-order valence-electron chi connectivity index (χ1n) is 11.0. The number of aryl methyl sites for hydroxylation is 1. The fourth-order valence-electron chi connectivity index (χ4n) is 3.86. The minimum atomic E-state index is -1.34. The van der Waals surface area contributed by atoms with E-state index in [1.54, 1.807) is 26.0 Å². The van der Waals surface area contributed by atoms with Crippen molar-refractivity contribution in [2.75, 3.05) is 13.7 Å². The molecule has 35 heavy (non-hydrogen) atoms. The van der Waals surface area contributed by atoms with Crippen LogP contribution in [0.4, 0.5) is 0 Å². The summed E-state index contributed by atoms with van der Waals surface area (Å²) in [4.78, 5) is 51.0. The van der Waals surface area contributed by atoms with Crippen molar-refractivity contribution < 1.29 is 28.9 Å². The molecule has 2 aromatic heterocycles. The van der Waals surface area contributed by atoms with Gasteiger partial charge in [-0.05, 0) is 39.3 Å². The number of carboxylic acids is 1. The largest absolute Gasteiger partial charge is 0.496 e. The van der Waals surface area contributed by atoms with Crippen molar-refractivity contribution >= 4 is 33.5 Å². The van der Waals surface area contributed by atoms with Crippen LogP contribution in [0.15, 0.2) is 33.9 Å². The van der Waals surface area contributed by atoms with E-state index in [1.807, 2.05) is 26.0 Å². The van der Waals surface area contributed by atoms with Crippen LogP contribution in [0.2, 0.25) is 0 Å². The minimum Gasteiger partial charge on any atom is -0.496 e. The van der Waals surface area contributed by atoms with Gasteiger partial charge in [-0.25, -0.2) is 14.2 Å². The Balaban J connectivity index is 2.31. The van der Waals surface area contributed by atoms with E-state index < -0.39 is 35.8 Å². The third-order valence-corrected chi connectivity index (χ3v) is 6.61. The molecule has 0 fully saturated rings. The van der Waals surface area contributed by atoms with Crippen molar-refractivity contribution in [3.63, 3.8) is 0 Å². The Bertz CT molecular complexity index is 1370. The number of para-hydroxylation sites is 1. The molecule has 2 heterocycles. The number of nitrogens with zero attached hydrogens (tertiary/aromatic N) is 2. The maximum atomic E-state index is 13.4. The van der Waals surface area contributed by atoms with Gasteiger partial charge in [-0.15, -0.1) is 11.3 Å². The van der Waals surface area contributed by atoms with Crippen molar-refractivity contribution in [1.82, 2.24) is 9.13 Å². The molecule has 0 saturated heterocycles. The van der Waals surface area contributed by atoms with Crippen molar-refractivity contribution in [3.05, 3.63) is 61.1 Å². The number of esters is 1. The number of rotatable bonds is 10. The highest BCUT2D eigenvalue weighted by molar-refractivity contribution is 7.20. The van der Waals surface area contributed by atoms with Gasteiger partial charge >= 0.3 is 17.6 Å². The van der Waals surface area contributed by atoms with Gasteiger partial charge in [0.2, 0.25) is 0 Å². The number of carboxylic acid groups (broad SMARTS) is 1. The van der Waals surface area contributed by atoms with Crippen LogP contribution in [0.25, 0.3) is 10.2 Å². The molecule has 0 unspecified atom stereocenters. The third-order valence-electron chi connectivity index (χ3n) is 5.32. The first-order valence-corrected chi connectivity index (χ1v) is 11.9. The van der Waals surface area contributed by atoms with Gasteiger partial charge in [0, 0.05) is 5.56 Å². The SMILES string of the molecule is CCOC(=O)c1sc2c(c1C)c(=O)n(CC(=O)O)c(=O)n2C[C@H](OC(C)C)c1ccccc1OC. The van der Waals surface area contributed by atoms with Gasteiger partial charge in [-0.2, -0.15) is 0 Å². The lowest BCUT2D eigenvalue weighted by Gasteiger charge is -2.24. The molecule has 0 bridgehead atoms. The summed E-state index contributed by atoms with van der Waals surface area (Å²) in [7, 11) is 1.52. The zero-order chi connectivity index (χ0) is 25.9. The zero-order valence-electron chi connectivity index (χ0n) is 20.2. The summed E-state index contributed by atoms with van der Waals surface area (Å²) < 4.78 is 18.7. The lowest BCUT2D eigenvalue weighted by Crippen LogP contribution is -2.42. The molecule has 0 amide bonds. The maximum Gasteiger partial charge on any atom is 0.348 e. The van der Waals surface area contributed by atoms with Crippen LogP contribution >= 0.6 is 11.3 Å². The molecule has 1 atom stereocenters. The first kappa shape index (κ1) is 26.2. The number of fused-ring (bicyclic) bond motifs is 1. The number of ether oxygens (including phenoxy) is 3. The molecule has 3 rings (SSSR count). The van der Waals surface area contributed by atoms with Crippen molar-refractivity contribution in [1.29, 1.82) is 0 Å². The predicted octanol–water partition coefficient (Wildman–Crippen LogP) is 2.97. The average molecular weight is 505 g/mol. The topological polar surface area (TPSA) is 126 Å². The van der Waals surface area contributed by atoms with Crippen LogP contribution in [0.3, 0.4) is 0 Å². The highest BCUT2D eigenvalue weighted by atomic mass is 32.1. The third kappa shape index (κ3) is 5.30. The van der Waals surface area contributed by atoms with Crippen molar-refractivity contribution in [3.8, 4) is 5.75 Å². The summed E-state index contributed by atoms with van der Waals surface area (Å²) in [6.07, 6.45) is -0.891. The summed E-state index contributed by atoms with van der Waals surface area (Å²) in [5.74, 6) is -1.40. The fraction of sp³-hybridized carbons (Fsp3) is 0.417. The number of carbonyl (C=O) groups is 2. The van der Waals surface area contributed by atoms with Crippen LogP contribution in [0, 0.1) is 6.92 Å². The predicted molar refractivity (Wildman–Crippen MR) is 131 cm³/mol. The Hall–Kier alpha value is -3.44. The molecule has 10 nitrogen and oxygen atoms in total. The van der Waals surface area contributed by atoms with E-state index in [4.69, 9.17) is 14.2 Å².